The zero-order valence-corrected chi connectivity index (χ0v) is 9.94. The molecular formula is C11H10ClN3O3. The zero-order valence-electron chi connectivity index (χ0n) is 9.18. The van der Waals surface area contributed by atoms with E-state index in [0.717, 1.165) is 0 Å². The first-order valence-corrected chi connectivity index (χ1v) is 5.29. The van der Waals surface area contributed by atoms with Gasteiger partial charge in [-0.05, 0) is 18.2 Å². The Hall–Kier alpha value is -2.10. The van der Waals surface area contributed by atoms with Crippen molar-refractivity contribution in [3.05, 3.63) is 28.8 Å². The van der Waals surface area contributed by atoms with Crippen LogP contribution in [-0.2, 0) is 9.59 Å². The Morgan fingerprint density at radius 3 is 2.78 bits per heavy atom. The minimum Gasteiger partial charge on any atom is -0.481 e. The smallest absolute Gasteiger partial charge is 0.305 e. The molecule has 1 rings (SSSR count). The van der Waals surface area contributed by atoms with Crippen LogP contribution in [0.5, 0.6) is 0 Å². The molecule has 1 aromatic carbocycles. The van der Waals surface area contributed by atoms with Gasteiger partial charge in [-0.2, -0.15) is 5.26 Å². The predicted molar refractivity (Wildman–Crippen MR) is 65.0 cm³/mol. The molecular weight excluding hydrogens is 258 g/mol. The Bertz CT molecular complexity index is 525. The summed E-state index contributed by atoms with van der Waals surface area (Å²) in [6, 6.07) is 5.05. The first kappa shape index (κ1) is 14.0. The molecule has 7 heteroatoms. The van der Waals surface area contributed by atoms with E-state index in [1.165, 1.54) is 18.2 Å². The number of carboxylic acids is 1. The molecule has 0 heterocycles. The summed E-state index contributed by atoms with van der Waals surface area (Å²) < 4.78 is 0. The second kappa shape index (κ2) is 6.00. The van der Waals surface area contributed by atoms with Gasteiger partial charge in [-0.3, -0.25) is 9.59 Å². The fourth-order valence-corrected chi connectivity index (χ4v) is 1.36. The number of hydrogen-bond acceptors (Lipinski definition) is 4. The molecule has 18 heavy (non-hydrogen) atoms. The van der Waals surface area contributed by atoms with Crippen LogP contribution in [0.1, 0.15) is 12.0 Å². The van der Waals surface area contributed by atoms with Gasteiger partial charge in [0.1, 0.15) is 0 Å². The maximum absolute atomic E-state index is 11.6. The van der Waals surface area contributed by atoms with Gasteiger partial charge in [0.15, 0.2) is 0 Å². The van der Waals surface area contributed by atoms with Crippen LogP contribution in [-0.4, -0.2) is 23.0 Å². The molecule has 0 aliphatic rings. The number of amides is 1. The van der Waals surface area contributed by atoms with Crippen molar-refractivity contribution in [3.8, 4) is 6.07 Å². The molecule has 1 aromatic rings. The summed E-state index contributed by atoms with van der Waals surface area (Å²) in [5.74, 6) is -1.84. The maximum atomic E-state index is 11.6. The lowest BCUT2D eigenvalue weighted by Crippen LogP contribution is -2.37. The molecule has 6 nitrogen and oxygen atoms in total. The van der Waals surface area contributed by atoms with E-state index < -0.39 is 24.3 Å². The highest BCUT2D eigenvalue weighted by atomic mass is 35.5. The zero-order chi connectivity index (χ0) is 13.7. The van der Waals surface area contributed by atoms with Gasteiger partial charge in [0, 0.05) is 0 Å². The van der Waals surface area contributed by atoms with E-state index in [1.54, 1.807) is 0 Å². The van der Waals surface area contributed by atoms with E-state index in [4.69, 9.17) is 27.7 Å². The molecule has 0 aliphatic carbocycles. The summed E-state index contributed by atoms with van der Waals surface area (Å²) in [6.07, 6.45) is -0.485. The van der Waals surface area contributed by atoms with Gasteiger partial charge in [-0.1, -0.05) is 11.6 Å². The van der Waals surface area contributed by atoms with Gasteiger partial charge < -0.3 is 16.2 Å². The molecule has 0 saturated heterocycles. The highest BCUT2D eigenvalue weighted by molar-refractivity contribution is 6.33. The summed E-state index contributed by atoms with van der Waals surface area (Å²) >= 11 is 5.83. The van der Waals surface area contributed by atoms with Gasteiger partial charge >= 0.3 is 5.97 Å². The minimum absolute atomic E-state index is 0.224. The molecule has 1 atom stereocenters. The van der Waals surface area contributed by atoms with E-state index >= 15 is 0 Å². The van der Waals surface area contributed by atoms with Gasteiger partial charge in [0.25, 0.3) is 0 Å². The van der Waals surface area contributed by atoms with Crippen molar-refractivity contribution < 1.29 is 14.7 Å². The van der Waals surface area contributed by atoms with E-state index in [2.05, 4.69) is 5.32 Å². The number of anilines is 1. The summed E-state index contributed by atoms with van der Waals surface area (Å²) in [7, 11) is 0. The summed E-state index contributed by atoms with van der Waals surface area (Å²) in [5.41, 5.74) is 5.93. The van der Waals surface area contributed by atoms with Gasteiger partial charge in [0.2, 0.25) is 5.91 Å². The van der Waals surface area contributed by atoms with Crippen molar-refractivity contribution >= 4 is 29.2 Å². The molecule has 0 fully saturated rings. The number of aliphatic carboxylic acids is 1. The van der Waals surface area contributed by atoms with Crippen LogP contribution >= 0.6 is 11.6 Å². The first-order valence-electron chi connectivity index (χ1n) is 4.92. The number of nitrogens with zero attached hydrogens (tertiary/aromatic N) is 1. The molecule has 0 aromatic heterocycles. The SMILES string of the molecule is N#Cc1ccc(Cl)c(NC(=O)C(N)CC(=O)O)c1. The quantitative estimate of drug-likeness (QED) is 0.751. The number of benzene rings is 1. The van der Waals surface area contributed by atoms with Crippen LogP contribution in [0.2, 0.25) is 5.02 Å². The van der Waals surface area contributed by atoms with E-state index in [-0.39, 0.29) is 10.7 Å². The first-order chi connectivity index (χ1) is 8.43. The van der Waals surface area contributed by atoms with Crippen molar-refractivity contribution in [2.24, 2.45) is 5.73 Å². The third-order valence-electron chi connectivity index (χ3n) is 2.08. The normalized spacial score (nSPS) is 11.4. The lowest BCUT2D eigenvalue weighted by atomic mass is 10.2. The highest BCUT2D eigenvalue weighted by Crippen LogP contribution is 2.22. The van der Waals surface area contributed by atoms with E-state index in [1.807, 2.05) is 6.07 Å². The molecule has 0 bridgehead atoms. The van der Waals surface area contributed by atoms with E-state index in [9.17, 15) is 9.59 Å². The third kappa shape index (κ3) is 3.73. The van der Waals surface area contributed by atoms with Crippen molar-refractivity contribution in [2.45, 2.75) is 12.5 Å². The van der Waals surface area contributed by atoms with Crippen molar-refractivity contribution in [1.82, 2.24) is 0 Å². The number of hydrogen-bond donors (Lipinski definition) is 3. The number of halogens is 1. The summed E-state index contributed by atoms with van der Waals surface area (Å²) in [4.78, 5) is 22.0. The van der Waals surface area contributed by atoms with Crippen molar-refractivity contribution in [1.29, 1.82) is 5.26 Å². The van der Waals surface area contributed by atoms with E-state index in [0.29, 0.717) is 5.56 Å². The average Bonchev–Trinajstić information content (AvgIpc) is 2.31. The number of nitrogens with one attached hydrogen (secondary N) is 1. The van der Waals surface area contributed by atoms with Crippen LogP contribution < -0.4 is 11.1 Å². The molecule has 0 saturated carbocycles. The topological polar surface area (TPSA) is 116 Å². The number of nitriles is 1. The maximum Gasteiger partial charge on any atom is 0.305 e. The average molecular weight is 268 g/mol. The molecule has 0 spiro atoms. The number of carbonyl (C=O) groups is 2. The fourth-order valence-electron chi connectivity index (χ4n) is 1.20. The second-order valence-corrected chi connectivity index (χ2v) is 3.91. The van der Waals surface area contributed by atoms with Crippen LogP contribution in [0.4, 0.5) is 5.69 Å². The van der Waals surface area contributed by atoms with Crippen LogP contribution in [0.3, 0.4) is 0 Å². The Labute approximate surface area is 108 Å². The Balaban J connectivity index is 2.81. The molecule has 1 unspecified atom stereocenters. The molecule has 0 radical (unpaired) electrons. The number of nitrogens with two attached hydrogens (primary N) is 1. The van der Waals surface area contributed by atoms with Gasteiger partial charge in [-0.25, -0.2) is 0 Å². The molecule has 4 N–H and O–H groups in total. The number of carbonyl (C=O) groups excluding carboxylic acids is 1. The Morgan fingerprint density at radius 2 is 2.22 bits per heavy atom. The standard InChI is InChI=1S/C11H10ClN3O3/c12-7-2-1-6(5-13)3-9(7)15-11(18)8(14)4-10(16)17/h1-3,8H,4,14H2,(H,15,18)(H,16,17). The number of carboxylic acid groups (broad SMARTS) is 1. The van der Waals surface area contributed by atoms with Gasteiger partial charge in [-0.15, -0.1) is 0 Å². The highest BCUT2D eigenvalue weighted by Gasteiger charge is 2.18. The minimum atomic E-state index is -1.18. The third-order valence-corrected chi connectivity index (χ3v) is 2.41. The lowest BCUT2D eigenvalue weighted by Gasteiger charge is -2.11. The number of rotatable bonds is 4. The summed E-state index contributed by atoms with van der Waals surface area (Å²) in [6.45, 7) is 0. The van der Waals surface area contributed by atoms with Crippen LogP contribution in [0.15, 0.2) is 18.2 Å². The largest absolute Gasteiger partial charge is 0.481 e. The monoisotopic (exact) mass is 267 g/mol. The molecule has 1 amide bonds. The lowest BCUT2D eigenvalue weighted by molar-refractivity contribution is -0.138. The second-order valence-electron chi connectivity index (χ2n) is 3.50. The van der Waals surface area contributed by atoms with Crippen LogP contribution in [0, 0.1) is 11.3 Å². The Kier molecular flexibility index (Phi) is 4.66. The van der Waals surface area contributed by atoms with Crippen molar-refractivity contribution in [2.75, 3.05) is 5.32 Å². The van der Waals surface area contributed by atoms with Crippen molar-refractivity contribution in [3.63, 3.8) is 0 Å². The Morgan fingerprint density at radius 1 is 1.56 bits per heavy atom. The molecule has 0 aliphatic heterocycles. The fraction of sp³-hybridized carbons (Fsp3) is 0.182. The predicted octanol–water partition coefficient (Wildman–Crippen LogP) is 0.952. The summed E-state index contributed by atoms with van der Waals surface area (Å²) in [5, 5.41) is 19.8. The van der Waals surface area contributed by atoms with Gasteiger partial charge in [0.05, 0.1) is 34.8 Å². The van der Waals surface area contributed by atoms with Crippen LogP contribution in [0.25, 0.3) is 0 Å². The molecule has 94 valence electrons.